The van der Waals surface area contributed by atoms with Gasteiger partial charge in [-0.1, -0.05) is 30.3 Å². The zero-order chi connectivity index (χ0) is 15.2. The second kappa shape index (κ2) is 7.12. The maximum atomic E-state index is 12.9. The molecular weight excluding hydrogens is 346 g/mol. The molecule has 21 heavy (non-hydrogen) atoms. The predicted molar refractivity (Wildman–Crippen MR) is 77.1 cm³/mol. The Morgan fingerprint density at radius 1 is 1.33 bits per heavy atom. The first-order chi connectivity index (χ1) is 10.1. The average molecular weight is 357 g/mol. The van der Waals surface area contributed by atoms with Gasteiger partial charge in [0.1, 0.15) is 12.4 Å². The summed E-state index contributed by atoms with van der Waals surface area (Å²) in [6, 6.07) is 10.2. The molecule has 7 heteroatoms. The molecule has 0 radical (unpaired) electrons. The average Bonchev–Trinajstić information content (AvgIpc) is 2.48. The van der Waals surface area contributed by atoms with Crippen LogP contribution in [0.4, 0.5) is 19.4 Å². The molecule has 0 aliphatic carbocycles. The van der Waals surface area contributed by atoms with E-state index in [0.717, 1.165) is 5.56 Å². The van der Waals surface area contributed by atoms with Gasteiger partial charge in [-0.2, -0.15) is 0 Å². The van der Waals surface area contributed by atoms with Crippen molar-refractivity contribution in [2.24, 2.45) is 0 Å². The smallest absolute Gasteiger partial charge is 0.413 e. The quantitative estimate of drug-likeness (QED) is 0.875. The van der Waals surface area contributed by atoms with E-state index < -0.39 is 12.5 Å². The van der Waals surface area contributed by atoms with Crippen LogP contribution in [0.15, 0.2) is 47.1 Å². The van der Waals surface area contributed by atoms with Crippen LogP contribution >= 0.6 is 15.9 Å². The first kappa shape index (κ1) is 15.4. The topological polar surface area (TPSA) is 51.2 Å². The minimum Gasteiger partial charge on any atom is -0.444 e. The Kier molecular flexibility index (Phi) is 5.21. The summed E-state index contributed by atoms with van der Waals surface area (Å²) < 4.78 is 31.1. The number of nitrogens with one attached hydrogen (secondary N) is 1. The zero-order valence-corrected chi connectivity index (χ0v) is 12.3. The van der Waals surface area contributed by atoms with Crippen molar-refractivity contribution in [2.45, 2.75) is 13.0 Å². The summed E-state index contributed by atoms with van der Waals surface area (Å²) in [4.78, 5) is 15.4. The van der Waals surface area contributed by atoms with Gasteiger partial charge >= 0.3 is 6.09 Å². The molecule has 0 spiro atoms. The van der Waals surface area contributed by atoms with Crippen molar-refractivity contribution >= 4 is 27.8 Å². The molecule has 0 fully saturated rings. The molecule has 4 nitrogen and oxygen atoms in total. The van der Waals surface area contributed by atoms with Gasteiger partial charge in [0.2, 0.25) is 0 Å². The number of alkyl halides is 2. The summed E-state index contributed by atoms with van der Waals surface area (Å²) in [6.07, 6.45) is -2.27. The molecule has 0 bridgehead atoms. The lowest BCUT2D eigenvalue weighted by molar-refractivity contribution is 0.149. The number of carbonyl (C=O) groups is 1. The summed E-state index contributed by atoms with van der Waals surface area (Å²) in [5.41, 5.74) is 0.423. The third-order valence-electron chi connectivity index (χ3n) is 2.55. The van der Waals surface area contributed by atoms with E-state index in [9.17, 15) is 13.6 Å². The van der Waals surface area contributed by atoms with Crippen LogP contribution in [0.25, 0.3) is 0 Å². The highest BCUT2D eigenvalue weighted by atomic mass is 79.9. The number of pyridine rings is 1. The van der Waals surface area contributed by atoms with Crippen molar-refractivity contribution in [3.8, 4) is 0 Å². The van der Waals surface area contributed by atoms with Crippen molar-refractivity contribution in [3.63, 3.8) is 0 Å². The number of rotatable bonds is 4. The Morgan fingerprint density at radius 3 is 2.71 bits per heavy atom. The van der Waals surface area contributed by atoms with Crippen LogP contribution in [0, 0.1) is 0 Å². The van der Waals surface area contributed by atoms with Crippen LogP contribution in [0.3, 0.4) is 0 Å². The summed E-state index contributed by atoms with van der Waals surface area (Å²) in [5.74, 6) is -0.216. The Morgan fingerprint density at radius 2 is 2.05 bits per heavy atom. The van der Waals surface area contributed by atoms with Gasteiger partial charge < -0.3 is 4.74 Å². The van der Waals surface area contributed by atoms with Crippen molar-refractivity contribution in [3.05, 3.63) is 58.2 Å². The number of anilines is 1. The Labute approximate surface area is 128 Å². The zero-order valence-electron chi connectivity index (χ0n) is 10.7. The minimum atomic E-state index is -2.75. The third-order valence-corrected chi connectivity index (χ3v) is 2.99. The second-order valence-corrected chi connectivity index (χ2v) is 4.99. The molecule has 0 saturated carbocycles. The molecule has 0 unspecified atom stereocenters. The van der Waals surface area contributed by atoms with Gasteiger partial charge in [0.05, 0.1) is 5.56 Å². The fraction of sp³-hybridized carbons (Fsp3) is 0.143. The number of halogens is 3. The molecule has 0 aliphatic heterocycles. The molecule has 110 valence electrons. The SMILES string of the molecule is O=C(Nc1ncc(Br)cc1C(F)F)OCc1ccccc1. The van der Waals surface area contributed by atoms with Gasteiger partial charge in [0.25, 0.3) is 6.43 Å². The molecule has 1 aromatic heterocycles. The van der Waals surface area contributed by atoms with Gasteiger partial charge in [-0.3, -0.25) is 5.32 Å². The van der Waals surface area contributed by atoms with Crippen LogP contribution in [-0.2, 0) is 11.3 Å². The molecular formula is C14H11BrF2N2O2. The summed E-state index contributed by atoms with van der Waals surface area (Å²) >= 11 is 3.05. The molecule has 1 N–H and O–H groups in total. The number of hydrogen-bond acceptors (Lipinski definition) is 3. The van der Waals surface area contributed by atoms with E-state index in [-0.39, 0.29) is 18.0 Å². The number of carbonyl (C=O) groups excluding carboxylic acids is 1. The molecule has 2 aromatic rings. The number of ether oxygens (including phenoxy) is 1. The molecule has 1 heterocycles. The fourth-order valence-electron chi connectivity index (χ4n) is 1.58. The highest BCUT2D eigenvalue weighted by Crippen LogP contribution is 2.28. The number of amides is 1. The highest BCUT2D eigenvalue weighted by Gasteiger charge is 2.17. The largest absolute Gasteiger partial charge is 0.444 e. The van der Waals surface area contributed by atoms with E-state index in [2.05, 4.69) is 26.2 Å². The van der Waals surface area contributed by atoms with Crippen LogP contribution in [0.5, 0.6) is 0 Å². The Hall–Kier alpha value is -2.02. The van der Waals surface area contributed by atoms with E-state index >= 15 is 0 Å². The lowest BCUT2D eigenvalue weighted by atomic mass is 10.2. The standard InChI is InChI=1S/C14H11BrF2N2O2/c15-10-6-11(12(16)17)13(18-7-10)19-14(20)21-8-9-4-2-1-3-5-9/h1-7,12H,8H2,(H,18,19,20). The highest BCUT2D eigenvalue weighted by molar-refractivity contribution is 9.10. The monoisotopic (exact) mass is 356 g/mol. The fourth-order valence-corrected chi connectivity index (χ4v) is 1.93. The van der Waals surface area contributed by atoms with E-state index in [4.69, 9.17) is 4.74 Å². The molecule has 0 atom stereocenters. The van der Waals surface area contributed by atoms with Crippen LogP contribution in [0.2, 0.25) is 0 Å². The van der Waals surface area contributed by atoms with E-state index in [1.54, 1.807) is 12.1 Å². The van der Waals surface area contributed by atoms with Crippen LogP contribution in [0.1, 0.15) is 17.6 Å². The van der Waals surface area contributed by atoms with Crippen molar-refractivity contribution in [1.29, 1.82) is 0 Å². The van der Waals surface area contributed by atoms with E-state index in [1.807, 2.05) is 18.2 Å². The molecule has 1 aromatic carbocycles. The maximum absolute atomic E-state index is 12.9. The third kappa shape index (κ3) is 4.49. The molecule has 1 amide bonds. The van der Waals surface area contributed by atoms with E-state index in [0.29, 0.717) is 4.47 Å². The predicted octanol–water partition coefficient (Wildman–Crippen LogP) is 4.53. The Bertz CT molecular complexity index is 624. The lowest BCUT2D eigenvalue weighted by Gasteiger charge is -2.10. The summed E-state index contributed by atoms with van der Waals surface area (Å²) in [7, 11) is 0. The van der Waals surface area contributed by atoms with Gasteiger partial charge in [-0.15, -0.1) is 0 Å². The van der Waals surface area contributed by atoms with Gasteiger partial charge in [-0.25, -0.2) is 18.6 Å². The number of benzene rings is 1. The lowest BCUT2D eigenvalue weighted by Crippen LogP contribution is -2.16. The first-order valence-corrected chi connectivity index (χ1v) is 6.77. The first-order valence-electron chi connectivity index (χ1n) is 5.97. The van der Waals surface area contributed by atoms with Crippen molar-refractivity contribution in [2.75, 3.05) is 5.32 Å². The minimum absolute atomic E-state index is 0.0488. The molecule has 0 aliphatic rings. The number of hydrogen-bond donors (Lipinski definition) is 1. The summed E-state index contributed by atoms with van der Waals surface area (Å²) in [5, 5.41) is 2.22. The Balaban J connectivity index is 2.00. The number of nitrogens with zero attached hydrogens (tertiary/aromatic N) is 1. The van der Waals surface area contributed by atoms with Crippen molar-refractivity contribution in [1.82, 2.24) is 4.98 Å². The number of aromatic nitrogens is 1. The van der Waals surface area contributed by atoms with Crippen LogP contribution in [-0.4, -0.2) is 11.1 Å². The van der Waals surface area contributed by atoms with Gasteiger partial charge in [0, 0.05) is 10.7 Å². The molecule has 0 saturated heterocycles. The van der Waals surface area contributed by atoms with Gasteiger partial charge in [0.15, 0.2) is 0 Å². The van der Waals surface area contributed by atoms with E-state index in [1.165, 1.54) is 12.3 Å². The van der Waals surface area contributed by atoms with Gasteiger partial charge in [-0.05, 0) is 27.6 Å². The van der Waals surface area contributed by atoms with Crippen molar-refractivity contribution < 1.29 is 18.3 Å². The normalized spacial score (nSPS) is 10.5. The van der Waals surface area contributed by atoms with Crippen LogP contribution < -0.4 is 5.32 Å². The maximum Gasteiger partial charge on any atom is 0.413 e. The summed E-state index contributed by atoms with van der Waals surface area (Å²) in [6.45, 7) is 0.0488. The second-order valence-electron chi connectivity index (χ2n) is 4.08. The molecule has 2 rings (SSSR count).